The maximum absolute atomic E-state index is 13.2. The van der Waals surface area contributed by atoms with Gasteiger partial charge in [-0.3, -0.25) is 4.57 Å². The normalized spacial score (nSPS) is 11.5. The van der Waals surface area contributed by atoms with Crippen LogP contribution in [0.25, 0.3) is 0 Å². The quantitative estimate of drug-likeness (QED) is 0.296. The Morgan fingerprint density at radius 3 is 2.53 bits per heavy atom. The van der Waals surface area contributed by atoms with Crippen LogP contribution in [0.5, 0.6) is 5.75 Å². The van der Waals surface area contributed by atoms with Crippen molar-refractivity contribution in [1.29, 1.82) is 0 Å². The minimum absolute atomic E-state index is 0.0994. The molecule has 0 amide bonds. The monoisotopic (exact) mass is 445 g/mol. The molecule has 7 heteroatoms. The lowest BCUT2D eigenvalue weighted by Gasteiger charge is -2.19. The predicted molar refractivity (Wildman–Crippen MR) is 121 cm³/mol. The van der Waals surface area contributed by atoms with Gasteiger partial charge in [-0.1, -0.05) is 68.4 Å². The molecular weight excluding hydrogens is 421 g/mol. The number of thioether (sulfide) groups is 1. The first kappa shape index (κ1) is 22.4. The average Bonchev–Trinajstić information content (AvgIpc) is 3.07. The highest BCUT2D eigenvalue weighted by Crippen LogP contribution is 2.28. The number of hydrogen-bond acceptors (Lipinski definition) is 4. The highest BCUT2D eigenvalue weighted by Gasteiger charge is 2.15. The molecule has 0 aliphatic rings. The van der Waals surface area contributed by atoms with Crippen LogP contribution < -0.4 is 4.74 Å². The molecule has 0 unspecified atom stereocenters. The first-order valence-corrected chi connectivity index (χ1v) is 11.0. The first-order chi connectivity index (χ1) is 14.3. The van der Waals surface area contributed by atoms with Gasteiger partial charge in [-0.05, 0) is 40.8 Å². The number of halogens is 2. The average molecular weight is 446 g/mol. The van der Waals surface area contributed by atoms with Crippen LogP contribution in [0.3, 0.4) is 0 Å². The van der Waals surface area contributed by atoms with Crippen LogP contribution in [-0.2, 0) is 24.3 Å². The number of ether oxygens (including phenoxy) is 1. The van der Waals surface area contributed by atoms with Gasteiger partial charge in [-0.25, -0.2) is 4.39 Å². The largest absolute Gasteiger partial charge is 0.486 e. The molecule has 0 fully saturated rings. The van der Waals surface area contributed by atoms with Crippen molar-refractivity contribution >= 4 is 23.4 Å². The second-order valence-corrected chi connectivity index (χ2v) is 9.24. The fourth-order valence-electron chi connectivity index (χ4n) is 2.83. The molecule has 3 aromatic rings. The van der Waals surface area contributed by atoms with Gasteiger partial charge in [0.2, 0.25) is 0 Å². The zero-order chi connectivity index (χ0) is 21.7. The fourth-order valence-corrected chi connectivity index (χ4v) is 4.11. The number of rotatable bonds is 8. The second-order valence-electron chi connectivity index (χ2n) is 7.89. The Morgan fingerprint density at radius 1 is 1.17 bits per heavy atom. The summed E-state index contributed by atoms with van der Waals surface area (Å²) in [5.41, 5.74) is 2.19. The molecule has 0 N–H and O–H groups in total. The smallest absolute Gasteiger partial charge is 0.191 e. The molecule has 158 valence electrons. The van der Waals surface area contributed by atoms with E-state index in [4.69, 9.17) is 16.3 Å². The van der Waals surface area contributed by atoms with Crippen molar-refractivity contribution < 1.29 is 9.13 Å². The van der Waals surface area contributed by atoms with Gasteiger partial charge in [0, 0.05) is 17.3 Å². The summed E-state index contributed by atoms with van der Waals surface area (Å²) in [4.78, 5) is 0. The van der Waals surface area contributed by atoms with Gasteiger partial charge in [0.05, 0.1) is 0 Å². The Morgan fingerprint density at radius 2 is 1.90 bits per heavy atom. The van der Waals surface area contributed by atoms with E-state index >= 15 is 0 Å². The van der Waals surface area contributed by atoms with Crippen LogP contribution >= 0.6 is 23.4 Å². The number of benzene rings is 2. The van der Waals surface area contributed by atoms with Crippen molar-refractivity contribution in [1.82, 2.24) is 14.8 Å². The van der Waals surface area contributed by atoms with Crippen LogP contribution in [0.15, 0.2) is 60.3 Å². The summed E-state index contributed by atoms with van der Waals surface area (Å²) in [6.07, 6.45) is 1.79. The molecule has 0 atom stereocenters. The van der Waals surface area contributed by atoms with E-state index in [1.807, 2.05) is 16.7 Å². The van der Waals surface area contributed by atoms with E-state index in [1.54, 1.807) is 12.1 Å². The van der Waals surface area contributed by atoms with E-state index in [-0.39, 0.29) is 11.2 Å². The molecule has 0 saturated heterocycles. The van der Waals surface area contributed by atoms with E-state index in [2.05, 4.69) is 49.7 Å². The SMILES string of the molecule is C=CCn1c(COc2ccc(C(C)(C)C)cc2)nnc1SCc1ccc(F)cc1Cl. The summed E-state index contributed by atoms with van der Waals surface area (Å²) in [6, 6.07) is 12.5. The van der Waals surface area contributed by atoms with Gasteiger partial charge in [-0.2, -0.15) is 0 Å². The van der Waals surface area contributed by atoms with E-state index < -0.39 is 0 Å². The lowest BCUT2D eigenvalue weighted by atomic mass is 9.87. The van der Waals surface area contributed by atoms with Gasteiger partial charge in [-0.15, -0.1) is 16.8 Å². The lowest BCUT2D eigenvalue weighted by Crippen LogP contribution is -2.11. The molecule has 0 saturated carbocycles. The lowest BCUT2D eigenvalue weighted by molar-refractivity contribution is 0.289. The minimum Gasteiger partial charge on any atom is -0.486 e. The number of aromatic nitrogens is 3. The minimum atomic E-state index is -0.349. The third kappa shape index (κ3) is 5.64. The molecule has 0 aliphatic heterocycles. The van der Waals surface area contributed by atoms with Gasteiger partial charge in [0.25, 0.3) is 0 Å². The van der Waals surface area contributed by atoms with Crippen molar-refractivity contribution in [3.8, 4) is 5.75 Å². The van der Waals surface area contributed by atoms with Crippen molar-refractivity contribution in [3.63, 3.8) is 0 Å². The molecule has 0 aliphatic carbocycles. The van der Waals surface area contributed by atoms with E-state index in [1.165, 1.54) is 29.5 Å². The maximum atomic E-state index is 13.2. The Kier molecular flexibility index (Phi) is 7.21. The maximum Gasteiger partial charge on any atom is 0.191 e. The zero-order valence-electron chi connectivity index (χ0n) is 17.4. The fraction of sp³-hybridized carbons (Fsp3) is 0.304. The molecule has 1 heterocycles. The van der Waals surface area contributed by atoms with Crippen LogP contribution in [0.1, 0.15) is 37.7 Å². The summed E-state index contributed by atoms with van der Waals surface area (Å²) in [5.74, 6) is 1.70. The summed E-state index contributed by atoms with van der Waals surface area (Å²) < 4.78 is 21.1. The Hall–Kier alpha value is -2.31. The topological polar surface area (TPSA) is 39.9 Å². The Labute approximate surface area is 186 Å². The number of nitrogens with zero attached hydrogens (tertiary/aromatic N) is 3. The number of hydrogen-bond donors (Lipinski definition) is 0. The molecule has 3 rings (SSSR count). The molecule has 30 heavy (non-hydrogen) atoms. The van der Waals surface area contributed by atoms with Crippen LogP contribution in [0, 0.1) is 5.82 Å². The molecule has 0 radical (unpaired) electrons. The highest BCUT2D eigenvalue weighted by atomic mass is 35.5. The number of allylic oxidation sites excluding steroid dienone is 1. The van der Waals surface area contributed by atoms with Crippen LogP contribution in [-0.4, -0.2) is 14.8 Å². The van der Waals surface area contributed by atoms with Crippen molar-refractivity contribution in [2.24, 2.45) is 0 Å². The van der Waals surface area contributed by atoms with Crippen LogP contribution in [0.4, 0.5) is 4.39 Å². The van der Waals surface area contributed by atoms with Crippen molar-refractivity contribution in [3.05, 3.63) is 82.9 Å². The van der Waals surface area contributed by atoms with Crippen LogP contribution in [0.2, 0.25) is 5.02 Å². The molecule has 2 aromatic carbocycles. The van der Waals surface area contributed by atoms with E-state index in [9.17, 15) is 4.39 Å². The molecule has 1 aromatic heterocycles. The first-order valence-electron chi connectivity index (χ1n) is 9.61. The van der Waals surface area contributed by atoms with E-state index in [0.717, 1.165) is 16.5 Å². The van der Waals surface area contributed by atoms with Crippen molar-refractivity contribution in [2.75, 3.05) is 0 Å². The third-order valence-electron chi connectivity index (χ3n) is 4.57. The Bertz CT molecular complexity index is 1010. The van der Waals surface area contributed by atoms with E-state index in [0.29, 0.717) is 29.8 Å². The Balaban J connectivity index is 1.68. The highest BCUT2D eigenvalue weighted by molar-refractivity contribution is 7.98. The zero-order valence-corrected chi connectivity index (χ0v) is 18.9. The molecular formula is C23H25ClFN3OS. The molecule has 0 spiro atoms. The third-order valence-corrected chi connectivity index (χ3v) is 5.93. The second kappa shape index (κ2) is 9.67. The molecule has 4 nitrogen and oxygen atoms in total. The van der Waals surface area contributed by atoms with Gasteiger partial charge in [0.15, 0.2) is 11.0 Å². The van der Waals surface area contributed by atoms with Gasteiger partial charge in [0.1, 0.15) is 18.2 Å². The summed E-state index contributed by atoms with van der Waals surface area (Å²) in [7, 11) is 0. The van der Waals surface area contributed by atoms with Gasteiger partial charge >= 0.3 is 0 Å². The summed E-state index contributed by atoms with van der Waals surface area (Å²) in [5, 5.41) is 9.70. The molecule has 0 bridgehead atoms. The summed E-state index contributed by atoms with van der Waals surface area (Å²) >= 11 is 7.61. The van der Waals surface area contributed by atoms with Gasteiger partial charge < -0.3 is 4.74 Å². The standard InChI is InChI=1S/C23H25ClFN3OS/c1-5-12-28-21(14-29-19-10-7-17(8-11-19)23(2,3)4)26-27-22(28)30-15-16-6-9-18(25)13-20(16)24/h5-11,13H,1,12,14-15H2,2-4H3. The van der Waals surface area contributed by atoms with Crippen molar-refractivity contribution in [2.45, 2.75) is 50.2 Å². The predicted octanol–water partition coefficient (Wildman–Crippen LogP) is 6.43. The summed E-state index contributed by atoms with van der Waals surface area (Å²) in [6.45, 7) is 11.2.